The Balaban J connectivity index is 2.64. The molecule has 6 heteroatoms. The Kier molecular flexibility index (Phi) is 6.36. The molecule has 1 aromatic carbocycles. The lowest BCUT2D eigenvalue weighted by molar-refractivity contribution is -0.120. The number of ether oxygens (including phenoxy) is 2. The molecule has 110 valence electrons. The second-order valence-corrected chi connectivity index (χ2v) is 4.10. The first-order valence-electron chi connectivity index (χ1n) is 6.48. The average Bonchev–Trinajstić information content (AvgIpc) is 2.44. The van der Waals surface area contributed by atoms with Crippen LogP contribution in [0.3, 0.4) is 0 Å². The van der Waals surface area contributed by atoms with Gasteiger partial charge in [0, 0.05) is 19.2 Å². The highest BCUT2D eigenvalue weighted by molar-refractivity contribution is 5.93. The minimum atomic E-state index is -0.471. The first-order valence-corrected chi connectivity index (χ1v) is 6.48. The number of rotatable bonds is 7. The third kappa shape index (κ3) is 4.79. The molecule has 0 aliphatic heterocycles. The first kappa shape index (κ1) is 15.8. The normalized spacial score (nSPS) is 9.90. The Bertz CT molecular complexity index is 474. The molecule has 0 aromatic heterocycles. The van der Waals surface area contributed by atoms with E-state index in [1.165, 1.54) is 6.07 Å². The van der Waals surface area contributed by atoms with Crippen LogP contribution >= 0.6 is 0 Å². The lowest BCUT2D eigenvalue weighted by Crippen LogP contribution is -2.18. The van der Waals surface area contributed by atoms with Crippen LogP contribution in [0, 0.1) is 0 Å². The molecule has 0 unspecified atom stereocenters. The molecule has 0 bridgehead atoms. The van der Waals surface area contributed by atoms with Crippen LogP contribution < -0.4 is 15.8 Å². The van der Waals surface area contributed by atoms with Gasteiger partial charge in [-0.3, -0.25) is 4.79 Å². The van der Waals surface area contributed by atoms with Gasteiger partial charge in [0.05, 0.1) is 13.2 Å². The quantitative estimate of drug-likeness (QED) is 0.447. The predicted octanol–water partition coefficient (Wildman–Crippen LogP) is 1.35. The fraction of sp³-hybridized carbons (Fsp3) is 0.429. The van der Waals surface area contributed by atoms with E-state index in [1.54, 1.807) is 26.1 Å². The highest BCUT2D eigenvalue weighted by Crippen LogP contribution is 2.22. The highest BCUT2D eigenvalue weighted by atomic mass is 16.5. The number of nitrogens with two attached hydrogens (primary N) is 1. The van der Waals surface area contributed by atoms with Crippen LogP contribution in [-0.2, 0) is 9.53 Å². The van der Waals surface area contributed by atoms with Crippen molar-refractivity contribution < 1.29 is 19.1 Å². The standard InChI is InChI=1S/C14H20N2O4/c1-3-19-14(18)11-9-10(15)6-7-12(11)20-8-4-5-13(17)16-2/h6-7,9H,3-5,8,15H2,1-2H3,(H,16,17). The number of nitrogen functional groups attached to an aromatic ring is 1. The number of hydrogen-bond donors (Lipinski definition) is 2. The van der Waals surface area contributed by atoms with Gasteiger partial charge in [0.25, 0.3) is 0 Å². The van der Waals surface area contributed by atoms with Gasteiger partial charge in [0.15, 0.2) is 0 Å². The predicted molar refractivity (Wildman–Crippen MR) is 75.6 cm³/mol. The number of anilines is 1. The zero-order chi connectivity index (χ0) is 15.0. The lowest BCUT2D eigenvalue weighted by Gasteiger charge is -2.11. The van der Waals surface area contributed by atoms with E-state index in [0.29, 0.717) is 36.4 Å². The molecule has 3 N–H and O–H groups in total. The van der Waals surface area contributed by atoms with Gasteiger partial charge in [-0.25, -0.2) is 4.79 Å². The molecular weight excluding hydrogens is 260 g/mol. The summed E-state index contributed by atoms with van der Waals surface area (Å²) in [6.45, 7) is 2.35. The van der Waals surface area contributed by atoms with Crippen LogP contribution in [0.1, 0.15) is 30.1 Å². The van der Waals surface area contributed by atoms with Gasteiger partial charge in [0.2, 0.25) is 5.91 Å². The number of benzene rings is 1. The van der Waals surface area contributed by atoms with E-state index < -0.39 is 5.97 Å². The number of nitrogens with one attached hydrogen (secondary N) is 1. The van der Waals surface area contributed by atoms with Crippen molar-refractivity contribution in [2.24, 2.45) is 0 Å². The monoisotopic (exact) mass is 280 g/mol. The largest absolute Gasteiger partial charge is 0.493 e. The van der Waals surface area contributed by atoms with Crippen molar-refractivity contribution in [2.45, 2.75) is 19.8 Å². The maximum atomic E-state index is 11.8. The summed E-state index contributed by atoms with van der Waals surface area (Å²) in [5, 5.41) is 2.53. The van der Waals surface area contributed by atoms with Crippen LogP contribution in [0.5, 0.6) is 5.75 Å². The third-order valence-electron chi connectivity index (χ3n) is 2.58. The number of esters is 1. The van der Waals surface area contributed by atoms with Crippen LogP contribution in [0.4, 0.5) is 5.69 Å². The van der Waals surface area contributed by atoms with Crippen molar-refractivity contribution in [2.75, 3.05) is 26.0 Å². The zero-order valence-electron chi connectivity index (χ0n) is 11.8. The van der Waals surface area contributed by atoms with Crippen molar-refractivity contribution in [1.29, 1.82) is 0 Å². The van der Waals surface area contributed by atoms with Gasteiger partial charge in [-0.05, 0) is 31.5 Å². The van der Waals surface area contributed by atoms with Gasteiger partial charge in [-0.1, -0.05) is 0 Å². The number of amides is 1. The zero-order valence-corrected chi connectivity index (χ0v) is 11.8. The van der Waals surface area contributed by atoms with E-state index in [4.69, 9.17) is 15.2 Å². The van der Waals surface area contributed by atoms with Gasteiger partial charge >= 0.3 is 5.97 Å². The molecule has 0 fully saturated rings. The van der Waals surface area contributed by atoms with E-state index in [1.807, 2.05) is 0 Å². The lowest BCUT2D eigenvalue weighted by atomic mass is 10.2. The van der Waals surface area contributed by atoms with Crippen molar-refractivity contribution in [1.82, 2.24) is 5.32 Å². The molecule has 0 saturated heterocycles. The summed E-state index contributed by atoms with van der Waals surface area (Å²) in [5.74, 6) is -0.104. The van der Waals surface area contributed by atoms with E-state index >= 15 is 0 Å². The molecule has 20 heavy (non-hydrogen) atoms. The van der Waals surface area contributed by atoms with Crippen molar-refractivity contribution in [3.8, 4) is 5.75 Å². The SMILES string of the molecule is CCOC(=O)c1cc(N)ccc1OCCCC(=O)NC. The summed E-state index contributed by atoms with van der Waals surface area (Å²) in [6, 6.07) is 4.80. The minimum absolute atomic E-state index is 0.0449. The Hall–Kier alpha value is -2.24. The molecule has 0 heterocycles. The molecule has 0 aliphatic rings. The van der Waals surface area contributed by atoms with Crippen molar-refractivity contribution >= 4 is 17.6 Å². The summed E-state index contributed by atoms with van der Waals surface area (Å²) in [7, 11) is 1.59. The summed E-state index contributed by atoms with van der Waals surface area (Å²) in [6.07, 6.45) is 0.937. The van der Waals surface area contributed by atoms with Crippen LogP contribution in [-0.4, -0.2) is 32.1 Å². The van der Waals surface area contributed by atoms with Crippen molar-refractivity contribution in [3.05, 3.63) is 23.8 Å². The van der Waals surface area contributed by atoms with Crippen LogP contribution in [0.25, 0.3) is 0 Å². The summed E-state index contributed by atoms with van der Waals surface area (Å²) < 4.78 is 10.5. The summed E-state index contributed by atoms with van der Waals surface area (Å²) in [5.41, 5.74) is 6.42. The van der Waals surface area contributed by atoms with Crippen LogP contribution in [0.2, 0.25) is 0 Å². The van der Waals surface area contributed by atoms with Gasteiger partial charge in [-0.2, -0.15) is 0 Å². The smallest absolute Gasteiger partial charge is 0.341 e. The van der Waals surface area contributed by atoms with Gasteiger partial charge in [0.1, 0.15) is 11.3 Å². The topological polar surface area (TPSA) is 90.7 Å². The third-order valence-corrected chi connectivity index (χ3v) is 2.58. The summed E-state index contributed by atoms with van der Waals surface area (Å²) >= 11 is 0. The fourth-order valence-electron chi connectivity index (χ4n) is 1.58. The fourth-order valence-corrected chi connectivity index (χ4v) is 1.58. The Morgan fingerprint density at radius 1 is 1.35 bits per heavy atom. The molecule has 1 aromatic rings. The molecule has 0 atom stereocenters. The number of hydrogen-bond acceptors (Lipinski definition) is 5. The molecular formula is C14H20N2O4. The Morgan fingerprint density at radius 3 is 2.75 bits per heavy atom. The molecule has 0 saturated carbocycles. The number of carbonyl (C=O) groups is 2. The van der Waals surface area contributed by atoms with E-state index in [9.17, 15) is 9.59 Å². The molecule has 0 radical (unpaired) electrons. The average molecular weight is 280 g/mol. The second-order valence-electron chi connectivity index (χ2n) is 4.10. The minimum Gasteiger partial charge on any atom is -0.493 e. The van der Waals surface area contributed by atoms with Crippen LogP contribution in [0.15, 0.2) is 18.2 Å². The molecule has 6 nitrogen and oxygen atoms in total. The second kappa shape index (κ2) is 8.04. The molecule has 1 amide bonds. The Morgan fingerprint density at radius 2 is 2.10 bits per heavy atom. The van der Waals surface area contributed by atoms with E-state index in [2.05, 4.69) is 5.32 Å². The molecule has 0 aliphatic carbocycles. The van der Waals surface area contributed by atoms with E-state index in [0.717, 1.165) is 0 Å². The molecule has 1 rings (SSSR count). The summed E-state index contributed by atoms with van der Waals surface area (Å²) in [4.78, 5) is 22.9. The maximum absolute atomic E-state index is 11.8. The van der Waals surface area contributed by atoms with Crippen molar-refractivity contribution in [3.63, 3.8) is 0 Å². The van der Waals surface area contributed by atoms with Gasteiger partial charge < -0.3 is 20.5 Å². The Labute approximate surface area is 118 Å². The maximum Gasteiger partial charge on any atom is 0.341 e. The number of carbonyl (C=O) groups excluding carboxylic acids is 2. The molecule has 0 spiro atoms. The highest BCUT2D eigenvalue weighted by Gasteiger charge is 2.14. The van der Waals surface area contributed by atoms with E-state index in [-0.39, 0.29) is 12.5 Å². The van der Waals surface area contributed by atoms with Gasteiger partial charge in [-0.15, -0.1) is 0 Å². The first-order chi connectivity index (χ1) is 9.58.